The van der Waals surface area contributed by atoms with Gasteiger partial charge in [-0.2, -0.15) is 0 Å². The van der Waals surface area contributed by atoms with Crippen LogP contribution in [-0.4, -0.2) is 23.9 Å². The van der Waals surface area contributed by atoms with Crippen LogP contribution in [0.3, 0.4) is 0 Å². The van der Waals surface area contributed by atoms with Gasteiger partial charge in [0.1, 0.15) is 0 Å². The fourth-order valence-corrected chi connectivity index (χ4v) is 2.86. The smallest absolute Gasteiger partial charge is 0.264 e. The second kappa shape index (κ2) is 3.12. The number of halogens is 2. The molecule has 2 nitrogen and oxygen atoms in total. The highest BCUT2D eigenvalue weighted by Crippen LogP contribution is 2.33. The molecule has 1 aromatic heterocycles. The summed E-state index contributed by atoms with van der Waals surface area (Å²) >= 11 is 8.17. The molecule has 2 rings (SSSR count). The van der Waals surface area contributed by atoms with Crippen molar-refractivity contribution in [3.05, 3.63) is 19.2 Å². The van der Waals surface area contributed by atoms with E-state index in [4.69, 9.17) is 0 Å². The molecule has 0 aliphatic carbocycles. The number of carbonyl (C=O) groups is 1. The summed E-state index contributed by atoms with van der Waals surface area (Å²) in [6.45, 7) is 1.82. The van der Waals surface area contributed by atoms with E-state index in [2.05, 4.69) is 31.9 Å². The minimum atomic E-state index is 0.145. The molecule has 0 unspecified atom stereocenters. The summed E-state index contributed by atoms with van der Waals surface area (Å²) in [7, 11) is 0. The Morgan fingerprint density at radius 1 is 1.50 bits per heavy atom. The van der Waals surface area contributed by atoms with E-state index in [-0.39, 0.29) is 5.91 Å². The average molecular weight is 311 g/mol. The van der Waals surface area contributed by atoms with Crippen molar-refractivity contribution in [1.82, 2.24) is 4.90 Å². The van der Waals surface area contributed by atoms with Gasteiger partial charge in [0.05, 0.1) is 8.66 Å². The molecule has 1 aromatic rings. The fourth-order valence-electron chi connectivity index (χ4n) is 0.861. The van der Waals surface area contributed by atoms with Gasteiger partial charge in [-0.1, -0.05) is 0 Å². The first-order valence-corrected chi connectivity index (χ1v) is 5.83. The van der Waals surface area contributed by atoms with Crippen LogP contribution < -0.4 is 0 Å². The molecule has 0 aromatic carbocycles. The van der Waals surface area contributed by atoms with Crippen LogP contribution in [0.5, 0.6) is 0 Å². The summed E-state index contributed by atoms with van der Waals surface area (Å²) in [6, 6.07) is 1.86. The number of hydrogen-bond acceptors (Lipinski definition) is 2. The van der Waals surface area contributed by atoms with Crippen LogP contribution in [0.2, 0.25) is 0 Å². The highest BCUT2D eigenvalue weighted by molar-refractivity contribution is 9.13. The van der Waals surface area contributed by atoms with Crippen molar-refractivity contribution in [3.8, 4) is 0 Å². The number of nitrogens with zero attached hydrogens (tertiary/aromatic N) is 1. The monoisotopic (exact) mass is 309 g/mol. The molecule has 0 saturated carbocycles. The van der Waals surface area contributed by atoms with Gasteiger partial charge in [-0.25, -0.2) is 0 Å². The maximum atomic E-state index is 11.5. The molecule has 0 spiro atoms. The van der Waals surface area contributed by atoms with Gasteiger partial charge in [-0.3, -0.25) is 4.79 Å². The number of rotatable bonds is 1. The van der Waals surface area contributed by atoms with Gasteiger partial charge in [0.25, 0.3) is 5.91 Å². The maximum absolute atomic E-state index is 11.5. The lowest BCUT2D eigenvalue weighted by molar-refractivity contribution is 0.0890. The number of amides is 1. The first-order chi connectivity index (χ1) is 5.68. The van der Waals surface area contributed by atoms with Gasteiger partial charge in [0.15, 0.2) is 0 Å². The molecule has 0 radical (unpaired) electrons. The Hall–Kier alpha value is 0.130. The minimum Gasteiger partial charge on any atom is -0.334 e. The molecular weight excluding hydrogens is 306 g/mol. The molecule has 1 fully saturated rings. The topological polar surface area (TPSA) is 20.1 Å². The van der Waals surface area contributed by atoms with Gasteiger partial charge in [0.2, 0.25) is 0 Å². The van der Waals surface area contributed by atoms with E-state index in [1.807, 2.05) is 11.0 Å². The van der Waals surface area contributed by atoms with Gasteiger partial charge in [-0.15, -0.1) is 11.3 Å². The SMILES string of the molecule is O=C(c1cc(Br)c(Br)s1)N1CC1. The van der Waals surface area contributed by atoms with E-state index >= 15 is 0 Å². The number of carbonyl (C=O) groups excluding carboxylic acids is 1. The van der Waals surface area contributed by atoms with Crippen molar-refractivity contribution >= 4 is 49.1 Å². The zero-order valence-electron chi connectivity index (χ0n) is 6.01. The van der Waals surface area contributed by atoms with Crippen molar-refractivity contribution in [2.45, 2.75) is 0 Å². The lowest BCUT2D eigenvalue weighted by Crippen LogP contribution is -2.07. The molecule has 0 bridgehead atoms. The Morgan fingerprint density at radius 3 is 2.58 bits per heavy atom. The van der Waals surface area contributed by atoms with Crippen LogP contribution in [0.1, 0.15) is 9.67 Å². The fraction of sp³-hybridized carbons (Fsp3) is 0.286. The molecule has 12 heavy (non-hydrogen) atoms. The number of thiophene rings is 1. The van der Waals surface area contributed by atoms with E-state index in [9.17, 15) is 4.79 Å². The standard InChI is InChI=1S/C7H5Br2NOS/c8-4-3-5(12-6(4)9)7(11)10-1-2-10/h3H,1-2H2. The summed E-state index contributed by atoms with van der Waals surface area (Å²) in [5, 5.41) is 0. The molecule has 64 valence electrons. The zero-order valence-corrected chi connectivity index (χ0v) is 10.00. The molecule has 5 heteroatoms. The first-order valence-electron chi connectivity index (χ1n) is 3.42. The summed E-state index contributed by atoms with van der Waals surface area (Å²) in [5.41, 5.74) is 0. The van der Waals surface area contributed by atoms with Crippen molar-refractivity contribution in [3.63, 3.8) is 0 Å². The highest BCUT2D eigenvalue weighted by Gasteiger charge is 2.26. The summed E-state index contributed by atoms with van der Waals surface area (Å²) in [5.74, 6) is 0.145. The van der Waals surface area contributed by atoms with Crippen LogP contribution in [-0.2, 0) is 0 Å². The van der Waals surface area contributed by atoms with E-state index in [0.29, 0.717) is 0 Å². The molecule has 1 aliphatic rings. The van der Waals surface area contributed by atoms with Crippen LogP contribution in [0.15, 0.2) is 14.3 Å². The first kappa shape index (κ1) is 8.72. The Kier molecular flexibility index (Phi) is 2.27. The molecule has 1 amide bonds. The van der Waals surface area contributed by atoms with Crippen LogP contribution >= 0.6 is 43.2 Å². The second-order valence-corrected chi connectivity index (χ2v) is 5.75. The third-order valence-electron chi connectivity index (χ3n) is 1.59. The predicted octanol–water partition coefficient (Wildman–Crippen LogP) is 2.73. The lowest BCUT2D eigenvalue weighted by Gasteiger charge is -1.94. The summed E-state index contributed by atoms with van der Waals surface area (Å²) < 4.78 is 1.94. The normalized spacial score (nSPS) is 15.0. The van der Waals surface area contributed by atoms with Gasteiger partial charge < -0.3 is 4.90 Å². The Balaban J connectivity index is 2.27. The van der Waals surface area contributed by atoms with Crippen molar-refractivity contribution in [1.29, 1.82) is 0 Å². The van der Waals surface area contributed by atoms with Crippen molar-refractivity contribution in [2.24, 2.45) is 0 Å². The van der Waals surface area contributed by atoms with Crippen molar-refractivity contribution < 1.29 is 4.79 Å². The van der Waals surface area contributed by atoms with E-state index in [0.717, 1.165) is 26.2 Å². The quantitative estimate of drug-likeness (QED) is 0.730. The van der Waals surface area contributed by atoms with Crippen LogP contribution in [0, 0.1) is 0 Å². The third-order valence-corrected chi connectivity index (χ3v) is 4.83. The maximum Gasteiger partial charge on any atom is 0.264 e. The number of hydrogen-bond donors (Lipinski definition) is 0. The van der Waals surface area contributed by atoms with E-state index in [1.165, 1.54) is 11.3 Å². The average Bonchev–Trinajstić information content (AvgIpc) is 2.80. The molecule has 2 heterocycles. The molecule has 1 aliphatic heterocycles. The lowest BCUT2D eigenvalue weighted by atomic mass is 10.4. The third kappa shape index (κ3) is 1.58. The Labute approximate surface area is 90.8 Å². The second-order valence-electron chi connectivity index (χ2n) is 2.52. The minimum absolute atomic E-state index is 0.145. The summed E-state index contributed by atoms with van der Waals surface area (Å²) in [4.78, 5) is 14.1. The predicted molar refractivity (Wildman–Crippen MR) is 55.6 cm³/mol. The van der Waals surface area contributed by atoms with Gasteiger partial charge in [-0.05, 0) is 37.9 Å². The largest absolute Gasteiger partial charge is 0.334 e. The van der Waals surface area contributed by atoms with Gasteiger partial charge >= 0.3 is 0 Å². The molecule has 0 N–H and O–H groups in total. The Bertz CT molecular complexity index is 313. The molecular formula is C7H5Br2NOS. The van der Waals surface area contributed by atoms with Gasteiger partial charge in [0, 0.05) is 17.6 Å². The van der Waals surface area contributed by atoms with Crippen molar-refractivity contribution in [2.75, 3.05) is 13.1 Å². The van der Waals surface area contributed by atoms with E-state index in [1.54, 1.807) is 0 Å². The Morgan fingerprint density at radius 2 is 2.17 bits per heavy atom. The zero-order chi connectivity index (χ0) is 8.72. The molecule has 1 saturated heterocycles. The summed E-state index contributed by atoms with van der Waals surface area (Å²) in [6.07, 6.45) is 0. The molecule has 0 atom stereocenters. The van der Waals surface area contributed by atoms with E-state index < -0.39 is 0 Å². The van der Waals surface area contributed by atoms with Crippen LogP contribution in [0.4, 0.5) is 0 Å². The van der Waals surface area contributed by atoms with Crippen LogP contribution in [0.25, 0.3) is 0 Å². The highest BCUT2D eigenvalue weighted by atomic mass is 79.9.